The van der Waals surface area contributed by atoms with E-state index < -0.39 is 11.9 Å². The van der Waals surface area contributed by atoms with Gasteiger partial charge in [0.2, 0.25) is 0 Å². The summed E-state index contributed by atoms with van der Waals surface area (Å²) in [4.78, 5) is 29.1. The van der Waals surface area contributed by atoms with Crippen LogP contribution in [0.2, 0.25) is 0 Å². The number of nitrogens with zero attached hydrogens (tertiary/aromatic N) is 3. The molecule has 0 bridgehead atoms. The number of pyridine rings is 1. The molecule has 0 aliphatic rings. The molecule has 2 aromatic heterocycles. The molecule has 23 heavy (non-hydrogen) atoms. The Kier molecular flexibility index (Phi) is 3.69. The fourth-order valence-electron chi connectivity index (χ4n) is 2.48. The molecule has 1 atom stereocenters. The Labute approximate surface area is 132 Å². The third kappa shape index (κ3) is 2.73. The molecule has 0 fully saturated rings. The summed E-state index contributed by atoms with van der Waals surface area (Å²) in [5.41, 5.74) is 0.552. The number of carbonyl (C=O) groups is 1. The number of H-pyrrole nitrogens is 1. The third-order valence-electron chi connectivity index (χ3n) is 3.73. The van der Waals surface area contributed by atoms with Gasteiger partial charge < -0.3 is 9.88 Å². The highest BCUT2D eigenvalue weighted by Gasteiger charge is 2.18. The lowest BCUT2D eigenvalue weighted by atomic mass is 10.1. The molecule has 0 spiro atoms. The van der Waals surface area contributed by atoms with Crippen molar-refractivity contribution in [1.82, 2.24) is 25.1 Å². The van der Waals surface area contributed by atoms with E-state index in [-0.39, 0.29) is 11.1 Å². The van der Waals surface area contributed by atoms with Crippen LogP contribution in [0.15, 0.2) is 35.1 Å². The molecular formula is C16H17N5O2. The summed E-state index contributed by atoms with van der Waals surface area (Å²) in [6.07, 6.45) is 0. The Morgan fingerprint density at radius 2 is 2.09 bits per heavy atom. The fraction of sp³-hybridized carbons (Fsp3) is 0.250. The fourth-order valence-corrected chi connectivity index (χ4v) is 2.48. The van der Waals surface area contributed by atoms with Crippen LogP contribution in [0.3, 0.4) is 0 Å². The molecule has 3 aromatic rings. The van der Waals surface area contributed by atoms with Crippen molar-refractivity contribution in [3.05, 3.63) is 57.9 Å². The topological polar surface area (TPSA) is 92.7 Å². The van der Waals surface area contributed by atoms with Crippen LogP contribution >= 0.6 is 0 Å². The predicted octanol–water partition coefficient (Wildman–Crippen LogP) is 1.46. The first kappa shape index (κ1) is 15.0. The summed E-state index contributed by atoms with van der Waals surface area (Å²) in [7, 11) is 1.66. The number of fused-ring (bicyclic) bond motifs is 1. The average molecular weight is 311 g/mol. The lowest BCUT2D eigenvalue weighted by Crippen LogP contribution is -2.34. The SMILES string of the molecule is Cc1nc([C@H](C)NC(=O)c2cc3ccccc3n(C)c2=O)n[nH]1. The quantitative estimate of drug-likeness (QED) is 0.766. The minimum atomic E-state index is -0.439. The number of aromatic amines is 1. The first-order valence-corrected chi connectivity index (χ1v) is 7.26. The van der Waals surface area contributed by atoms with E-state index in [0.29, 0.717) is 11.6 Å². The molecule has 1 amide bonds. The largest absolute Gasteiger partial charge is 0.342 e. The minimum absolute atomic E-state index is 0.102. The maximum atomic E-state index is 12.5. The van der Waals surface area contributed by atoms with Crippen LogP contribution in [0.25, 0.3) is 10.9 Å². The molecule has 0 radical (unpaired) electrons. The van der Waals surface area contributed by atoms with Gasteiger partial charge in [-0.05, 0) is 31.4 Å². The molecule has 3 rings (SSSR count). The number of hydrogen-bond donors (Lipinski definition) is 2. The van der Waals surface area contributed by atoms with Gasteiger partial charge in [0.1, 0.15) is 11.4 Å². The number of benzene rings is 1. The molecule has 2 N–H and O–H groups in total. The second-order valence-electron chi connectivity index (χ2n) is 5.46. The van der Waals surface area contributed by atoms with Gasteiger partial charge in [-0.2, -0.15) is 5.10 Å². The molecular weight excluding hydrogens is 294 g/mol. The number of amides is 1. The van der Waals surface area contributed by atoms with Crippen LogP contribution in [-0.2, 0) is 7.05 Å². The molecule has 0 unspecified atom stereocenters. The normalized spacial score (nSPS) is 12.3. The standard InChI is InChI=1S/C16H17N5O2/c1-9(14-18-10(2)19-20-14)17-15(22)12-8-11-6-4-5-7-13(11)21(3)16(12)23/h4-9H,1-3H3,(H,17,22)(H,18,19,20)/t9-/m0/s1. The highest BCUT2D eigenvalue weighted by atomic mass is 16.2. The van der Waals surface area contributed by atoms with Crippen molar-refractivity contribution in [3.63, 3.8) is 0 Å². The maximum absolute atomic E-state index is 12.5. The van der Waals surface area contributed by atoms with E-state index in [1.54, 1.807) is 27.0 Å². The number of hydrogen-bond acceptors (Lipinski definition) is 4. The number of para-hydroxylation sites is 1. The zero-order chi connectivity index (χ0) is 16.6. The third-order valence-corrected chi connectivity index (χ3v) is 3.73. The number of rotatable bonds is 3. The smallest absolute Gasteiger partial charge is 0.263 e. The zero-order valence-corrected chi connectivity index (χ0v) is 13.1. The Hall–Kier alpha value is -2.96. The lowest BCUT2D eigenvalue weighted by molar-refractivity contribution is 0.0936. The van der Waals surface area contributed by atoms with Gasteiger partial charge in [0, 0.05) is 7.05 Å². The van der Waals surface area contributed by atoms with Crippen molar-refractivity contribution in [2.24, 2.45) is 7.05 Å². The molecule has 0 saturated carbocycles. The zero-order valence-electron chi connectivity index (χ0n) is 13.1. The van der Waals surface area contributed by atoms with Crippen molar-refractivity contribution in [2.75, 3.05) is 0 Å². The summed E-state index contributed by atoms with van der Waals surface area (Å²) in [5.74, 6) is 0.711. The summed E-state index contributed by atoms with van der Waals surface area (Å²) in [5, 5.41) is 10.3. The summed E-state index contributed by atoms with van der Waals surface area (Å²) >= 11 is 0. The monoisotopic (exact) mass is 311 g/mol. The van der Waals surface area contributed by atoms with Crippen LogP contribution in [0.1, 0.15) is 35.0 Å². The summed E-state index contributed by atoms with van der Waals surface area (Å²) in [6.45, 7) is 3.55. The van der Waals surface area contributed by atoms with Gasteiger partial charge in [0.05, 0.1) is 11.6 Å². The Balaban J connectivity index is 1.95. The number of aromatic nitrogens is 4. The molecule has 0 saturated heterocycles. The Bertz CT molecular complexity index is 941. The van der Waals surface area contributed by atoms with Gasteiger partial charge in [0.15, 0.2) is 5.82 Å². The van der Waals surface area contributed by atoms with Gasteiger partial charge >= 0.3 is 0 Å². The molecule has 7 nitrogen and oxygen atoms in total. The predicted molar refractivity (Wildman–Crippen MR) is 86.2 cm³/mol. The van der Waals surface area contributed by atoms with E-state index in [1.165, 1.54) is 4.57 Å². The molecule has 2 heterocycles. The number of aryl methyl sites for hydroxylation is 2. The highest BCUT2D eigenvalue weighted by Crippen LogP contribution is 2.13. The van der Waals surface area contributed by atoms with Crippen molar-refractivity contribution in [3.8, 4) is 0 Å². The number of carbonyl (C=O) groups excluding carboxylic acids is 1. The molecule has 0 aliphatic carbocycles. The summed E-state index contributed by atoms with van der Waals surface area (Å²) in [6, 6.07) is 8.65. The second-order valence-corrected chi connectivity index (χ2v) is 5.46. The van der Waals surface area contributed by atoms with E-state index in [4.69, 9.17) is 0 Å². The summed E-state index contributed by atoms with van der Waals surface area (Å²) < 4.78 is 1.48. The van der Waals surface area contributed by atoms with Crippen LogP contribution in [0.5, 0.6) is 0 Å². The van der Waals surface area contributed by atoms with E-state index in [9.17, 15) is 9.59 Å². The van der Waals surface area contributed by atoms with Crippen LogP contribution < -0.4 is 10.9 Å². The first-order valence-electron chi connectivity index (χ1n) is 7.26. The van der Waals surface area contributed by atoms with E-state index in [1.807, 2.05) is 24.3 Å². The van der Waals surface area contributed by atoms with Crippen molar-refractivity contribution in [1.29, 1.82) is 0 Å². The van der Waals surface area contributed by atoms with Gasteiger partial charge in [-0.3, -0.25) is 14.7 Å². The van der Waals surface area contributed by atoms with Crippen molar-refractivity contribution >= 4 is 16.8 Å². The van der Waals surface area contributed by atoms with Crippen LogP contribution in [0, 0.1) is 6.92 Å². The van der Waals surface area contributed by atoms with E-state index >= 15 is 0 Å². The van der Waals surface area contributed by atoms with Gasteiger partial charge in [0.25, 0.3) is 11.5 Å². The first-order chi connectivity index (χ1) is 11.0. The highest BCUT2D eigenvalue weighted by molar-refractivity contribution is 5.97. The van der Waals surface area contributed by atoms with Gasteiger partial charge in [-0.1, -0.05) is 18.2 Å². The Morgan fingerprint density at radius 1 is 1.35 bits per heavy atom. The minimum Gasteiger partial charge on any atom is -0.342 e. The van der Waals surface area contributed by atoms with E-state index in [2.05, 4.69) is 20.5 Å². The second kappa shape index (κ2) is 5.68. The maximum Gasteiger partial charge on any atom is 0.263 e. The lowest BCUT2D eigenvalue weighted by Gasteiger charge is -2.12. The molecule has 118 valence electrons. The van der Waals surface area contributed by atoms with Gasteiger partial charge in [-0.25, -0.2) is 4.98 Å². The molecule has 0 aliphatic heterocycles. The van der Waals surface area contributed by atoms with Crippen molar-refractivity contribution in [2.45, 2.75) is 19.9 Å². The van der Waals surface area contributed by atoms with E-state index in [0.717, 1.165) is 10.9 Å². The molecule has 7 heteroatoms. The van der Waals surface area contributed by atoms with Crippen molar-refractivity contribution < 1.29 is 4.79 Å². The number of nitrogens with one attached hydrogen (secondary N) is 2. The van der Waals surface area contributed by atoms with Crippen LogP contribution in [0.4, 0.5) is 0 Å². The Morgan fingerprint density at radius 3 is 2.78 bits per heavy atom. The van der Waals surface area contributed by atoms with Gasteiger partial charge in [-0.15, -0.1) is 0 Å². The molecule has 1 aromatic carbocycles. The van der Waals surface area contributed by atoms with Crippen LogP contribution in [-0.4, -0.2) is 25.7 Å². The average Bonchev–Trinajstić information content (AvgIpc) is 2.97.